The van der Waals surface area contributed by atoms with E-state index in [1.807, 2.05) is 0 Å². The van der Waals surface area contributed by atoms with Gasteiger partial charge in [-0.25, -0.2) is 12.7 Å². The van der Waals surface area contributed by atoms with Crippen molar-refractivity contribution in [2.75, 3.05) is 6.54 Å². The number of sulfonamides is 1. The van der Waals surface area contributed by atoms with Gasteiger partial charge < -0.3 is 5.11 Å². The molecule has 19 heavy (non-hydrogen) atoms. The van der Waals surface area contributed by atoms with Crippen LogP contribution in [0, 0.1) is 0 Å². The molecule has 0 aromatic heterocycles. The summed E-state index contributed by atoms with van der Waals surface area (Å²) >= 11 is 0. The average Bonchev–Trinajstić information content (AvgIpc) is 2.50. The lowest BCUT2D eigenvalue weighted by atomic mass is 10.1. The monoisotopic (exact) mass is 281 g/mol. The van der Waals surface area contributed by atoms with Crippen molar-refractivity contribution in [3.8, 4) is 0 Å². The van der Waals surface area contributed by atoms with Gasteiger partial charge in [-0.2, -0.15) is 0 Å². The highest BCUT2D eigenvalue weighted by Gasteiger charge is 2.43. The molecule has 1 aromatic carbocycles. The fraction of sp³-hybridized carbons (Fsp3) is 0.167. The van der Waals surface area contributed by atoms with Gasteiger partial charge in [0.2, 0.25) is 0 Å². The third-order valence-electron chi connectivity index (χ3n) is 2.75. The fourth-order valence-corrected chi connectivity index (χ4v) is 3.70. The van der Waals surface area contributed by atoms with Crippen molar-refractivity contribution in [2.45, 2.75) is 6.92 Å². The summed E-state index contributed by atoms with van der Waals surface area (Å²) in [7, 11) is -4.09. The van der Waals surface area contributed by atoms with E-state index in [9.17, 15) is 18.0 Å². The number of carbonyl (C=O) groups excluding carboxylic acids is 1. The standard InChI is InChI=1S/C12H11NO5S/c1-8-11(9-5-3-2-4-6-9)19(17,18)13(12(8)16)7-10(14)15/h2-6H,7H2,1H3,(H,14,15). The van der Waals surface area contributed by atoms with Crippen LogP contribution in [0.2, 0.25) is 0 Å². The number of nitrogens with zero attached hydrogens (tertiary/aromatic N) is 1. The van der Waals surface area contributed by atoms with Crippen molar-refractivity contribution in [1.29, 1.82) is 0 Å². The van der Waals surface area contributed by atoms with Crippen LogP contribution in [0.4, 0.5) is 0 Å². The first-order valence-corrected chi connectivity index (χ1v) is 6.85. The maximum Gasteiger partial charge on any atom is 0.324 e. The summed E-state index contributed by atoms with van der Waals surface area (Å²) in [6, 6.07) is 8.14. The van der Waals surface area contributed by atoms with E-state index < -0.39 is 28.4 Å². The molecule has 0 radical (unpaired) electrons. The van der Waals surface area contributed by atoms with Crippen molar-refractivity contribution < 1.29 is 23.1 Å². The summed E-state index contributed by atoms with van der Waals surface area (Å²) in [6.45, 7) is 0.513. The zero-order valence-corrected chi connectivity index (χ0v) is 10.8. The topological polar surface area (TPSA) is 91.8 Å². The molecule has 100 valence electrons. The Morgan fingerprint density at radius 1 is 1.26 bits per heavy atom. The SMILES string of the molecule is CC1=C(c2ccccc2)S(=O)(=O)N(CC(=O)O)C1=O. The Morgan fingerprint density at radius 3 is 2.37 bits per heavy atom. The molecule has 2 rings (SSSR count). The Hall–Kier alpha value is -2.15. The average molecular weight is 281 g/mol. The van der Waals surface area contributed by atoms with Crippen LogP contribution in [0.3, 0.4) is 0 Å². The van der Waals surface area contributed by atoms with Gasteiger partial charge in [-0.05, 0) is 12.5 Å². The van der Waals surface area contributed by atoms with Gasteiger partial charge in [0.05, 0.1) is 0 Å². The number of carboxylic acid groups (broad SMARTS) is 1. The summed E-state index contributed by atoms with van der Waals surface area (Å²) < 4.78 is 24.8. The second-order valence-electron chi connectivity index (χ2n) is 4.03. The molecule has 1 heterocycles. The number of carbonyl (C=O) groups is 2. The molecule has 0 fully saturated rings. The minimum absolute atomic E-state index is 0.0347. The second kappa shape index (κ2) is 4.51. The largest absolute Gasteiger partial charge is 0.480 e. The Bertz CT molecular complexity index is 675. The van der Waals surface area contributed by atoms with Crippen molar-refractivity contribution in [3.63, 3.8) is 0 Å². The molecule has 1 N–H and O–H groups in total. The molecule has 0 saturated carbocycles. The van der Waals surface area contributed by atoms with Crippen LogP contribution in [0.25, 0.3) is 4.91 Å². The number of amides is 1. The van der Waals surface area contributed by atoms with Gasteiger partial charge in [0.1, 0.15) is 11.4 Å². The van der Waals surface area contributed by atoms with Crippen LogP contribution in [-0.4, -0.2) is 36.3 Å². The molecule has 0 bridgehead atoms. The Labute approximate surface area is 110 Å². The molecule has 6 nitrogen and oxygen atoms in total. The Kier molecular flexibility index (Phi) is 3.15. The second-order valence-corrected chi connectivity index (χ2v) is 5.83. The van der Waals surface area contributed by atoms with Crippen molar-refractivity contribution >= 4 is 26.8 Å². The van der Waals surface area contributed by atoms with E-state index in [4.69, 9.17) is 5.11 Å². The van der Waals surface area contributed by atoms with Crippen molar-refractivity contribution in [3.05, 3.63) is 41.5 Å². The normalized spacial score (nSPS) is 17.9. The first-order chi connectivity index (χ1) is 8.85. The molecule has 7 heteroatoms. The van der Waals surface area contributed by atoms with Crippen LogP contribution in [0.1, 0.15) is 12.5 Å². The van der Waals surface area contributed by atoms with Gasteiger partial charge in [-0.15, -0.1) is 0 Å². The lowest BCUT2D eigenvalue weighted by Gasteiger charge is -2.13. The van der Waals surface area contributed by atoms with Crippen LogP contribution < -0.4 is 0 Å². The van der Waals surface area contributed by atoms with Gasteiger partial charge in [0.15, 0.2) is 0 Å². The first kappa shape index (κ1) is 13.3. The molecule has 1 aliphatic heterocycles. The number of hydrogen-bond donors (Lipinski definition) is 1. The van der Waals surface area contributed by atoms with Gasteiger partial charge in [0, 0.05) is 5.57 Å². The molecular formula is C12H11NO5S. The lowest BCUT2D eigenvalue weighted by Crippen LogP contribution is -2.36. The minimum Gasteiger partial charge on any atom is -0.480 e. The highest BCUT2D eigenvalue weighted by molar-refractivity contribution is 7.99. The summed E-state index contributed by atoms with van der Waals surface area (Å²) in [5.41, 5.74) is 0.411. The molecule has 0 unspecified atom stereocenters. The maximum absolute atomic E-state index is 12.2. The minimum atomic E-state index is -4.09. The van der Waals surface area contributed by atoms with E-state index in [1.165, 1.54) is 6.92 Å². The molecule has 1 aromatic rings. The molecule has 0 spiro atoms. The maximum atomic E-state index is 12.2. The third-order valence-corrected chi connectivity index (χ3v) is 4.68. The highest BCUT2D eigenvalue weighted by atomic mass is 32.2. The van der Waals surface area contributed by atoms with Crippen LogP contribution in [0.5, 0.6) is 0 Å². The van der Waals surface area contributed by atoms with E-state index in [2.05, 4.69) is 0 Å². The fourth-order valence-electron chi connectivity index (χ4n) is 1.93. The van der Waals surface area contributed by atoms with Gasteiger partial charge in [0.25, 0.3) is 15.9 Å². The predicted molar refractivity (Wildman–Crippen MR) is 67.3 cm³/mol. The number of benzene rings is 1. The summed E-state index contributed by atoms with van der Waals surface area (Å²) in [4.78, 5) is 22.4. The molecular weight excluding hydrogens is 270 g/mol. The smallest absolute Gasteiger partial charge is 0.324 e. The Morgan fingerprint density at radius 2 is 1.84 bits per heavy atom. The first-order valence-electron chi connectivity index (χ1n) is 5.41. The van der Waals surface area contributed by atoms with E-state index >= 15 is 0 Å². The number of aliphatic carboxylic acids is 1. The quantitative estimate of drug-likeness (QED) is 0.879. The molecule has 0 atom stereocenters. The van der Waals surface area contributed by atoms with E-state index in [0.717, 1.165) is 0 Å². The third kappa shape index (κ3) is 2.12. The molecule has 1 amide bonds. The van der Waals surface area contributed by atoms with E-state index in [1.54, 1.807) is 30.3 Å². The molecule has 1 aliphatic rings. The number of hydrogen-bond acceptors (Lipinski definition) is 4. The van der Waals surface area contributed by atoms with Crippen LogP contribution >= 0.6 is 0 Å². The van der Waals surface area contributed by atoms with Crippen molar-refractivity contribution in [2.24, 2.45) is 0 Å². The Balaban J connectivity index is 2.56. The van der Waals surface area contributed by atoms with Gasteiger partial charge in [-0.1, -0.05) is 30.3 Å². The van der Waals surface area contributed by atoms with Crippen LogP contribution in [-0.2, 0) is 19.6 Å². The number of carboxylic acids is 1. The van der Waals surface area contributed by atoms with Crippen LogP contribution in [0.15, 0.2) is 35.9 Å². The predicted octanol–water partition coefficient (Wildman–Crippen LogP) is 0.674. The zero-order valence-electron chi connectivity index (χ0n) is 10.0. The van der Waals surface area contributed by atoms with Crippen molar-refractivity contribution in [1.82, 2.24) is 4.31 Å². The molecule has 0 saturated heterocycles. The van der Waals surface area contributed by atoms with E-state index in [-0.39, 0.29) is 10.5 Å². The summed E-state index contributed by atoms with van der Waals surface area (Å²) in [6.07, 6.45) is 0. The summed E-state index contributed by atoms with van der Waals surface area (Å²) in [5, 5.41) is 8.69. The number of rotatable bonds is 3. The van der Waals surface area contributed by atoms with Gasteiger partial charge in [-0.3, -0.25) is 9.59 Å². The highest BCUT2D eigenvalue weighted by Crippen LogP contribution is 2.34. The molecule has 0 aliphatic carbocycles. The lowest BCUT2D eigenvalue weighted by molar-refractivity contribution is -0.140. The summed E-state index contributed by atoms with van der Waals surface area (Å²) in [5.74, 6) is -2.17. The zero-order chi connectivity index (χ0) is 14.2. The van der Waals surface area contributed by atoms with Gasteiger partial charge >= 0.3 is 5.97 Å². The van der Waals surface area contributed by atoms with E-state index in [0.29, 0.717) is 9.87 Å².